The Morgan fingerprint density at radius 1 is 1.33 bits per heavy atom. The predicted octanol–water partition coefficient (Wildman–Crippen LogP) is 1.53. The van der Waals surface area contributed by atoms with Gasteiger partial charge in [-0.25, -0.2) is 4.79 Å². The third kappa shape index (κ3) is 5.04. The first-order valence-corrected chi connectivity index (χ1v) is 5.89. The number of aliphatic carboxylic acids is 1. The van der Waals surface area contributed by atoms with Gasteiger partial charge >= 0.3 is 12.0 Å². The van der Waals surface area contributed by atoms with E-state index in [0.717, 1.165) is 0 Å². The fourth-order valence-corrected chi connectivity index (χ4v) is 1.47. The average Bonchev–Trinajstić information content (AvgIpc) is 2.25. The second-order valence-electron chi connectivity index (χ2n) is 4.92. The molecule has 0 saturated carbocycles. The van der Waals surface area contributed by atoms with Crippen molar-refractivity contribution in [3.8, 4) is 6.07 Å². The molecule has 1 N–H and O–H groups in total. The molecular formula is C12H21N3O3. The second kappa shape index (κ2) is 6.84. The maximum absolute atomic E-state index is 12.2. The van der Waals surface area contributed by atoms with Gasteiger partial charge in [0.05, 0.1) is 12.5 Å². The number of hydrogen-bond donors (Lipinski definition) is 1. The molecule has 0 atom stereocenters. The quantitative estimate of drug-likeness (QED) is 0.807. The molecule has 0 aliphatic heterocycles. The maximum Gasteiger partial charge on any atom is 0.323 e. The molecule has 0 aromatic rings. The summed E-state index contributed by atoms with van der Waals surface area (Å²) in [4.78, 5) is 25.8. The lowest BCUT2D eigenvalue weighted by atomic mass is 10.1. The van der Waals surface area contributed by atoms with Crippen molar-refractivity contribution in [2.45, 2.75) is 39.7 Å². The predicted molar refractivity (Wildman–Crippen MR) is 67.0 cm³/mol. The molecule has 6 heteroatoms. The molecule has 0 aromatic carbocycles. The van der Waals surface area contributed by atoms with Crippen LogP contribution in [-0.2, 0) is 4.79 Å². The first-order chi connectivity index (χ1) is 8.23. The van der Waals surface area contributed by atoms with E-state index < -0.39 is 11.5 Å². The van der Waals surface area contributed by atoms with Crippen LogP contribution in [-0.4, -0.2) is 52.1 Å². The van der Waals surface area contributed by atoms with Gasteiger partial charge in [0.2, 0.25) is 0 Å². The molecule has 0 aromatic heterocycles. The first kappa shape index (κ1) is 16.2. The van der Waals surface area contributed by atoms with E-state index >= 15 is 0 Å². The van der Waals surface area contributed by atoms with Crippen molar-refractivity contribution in [3.63, 3.8) is 0 Å². The van der Waals surface area contributed by atoms with Crippen molar-refractivity contribution in [2.75, 3.05) is 19.6 Å². The van der Waals surface area contributed by atoms with Crippen molar-refractivity contribution < 1.29 is 14.7 Å². The number of carbonyl (C=O) groups excluding carboxylic acids is 1. The van der Waals surface area contributed by atoms with Crippen LogP contribution in [0.3, 0.4) is 0 Å². The summed E-state index contributed by atoms with van der Waals surface area (Å²) in [7, 11) is 0. The molecule has 102 valence electrons. The molecule has 18 heavy (non-hydrogen) atoms. The summed E-state index contributed by atoms with van der Waals surface area (Å²) >= 11 is 0. The number of carbonyl (C=O) groups is 2. The van der Waals surface area contributed by atoms with Crippen molar-refractivity contribution >= 4 is 12.0 Å². The van der Waals surface area contributed by atoms with E-state index in [4.69, 9.17) is 10.4 Å². The fourth-order valence-electron chi connectivity index (χ4n) is 1.47. The molecule has 0 radical (unpaired) electrons. The zero-order chi connectivity index (χ0) is 14.3. The number of rotatable bonds is 5. The molecule has 0 heterocycles. The average molecular weight is 255 g/mol. The highest BCUT2D eigenvalue weighted by Gasteiger charge is 2.31. The molecule has 0 bridgehead atoms. The van der Waals surface area contributed by atoms with Crippen molar-refractivity contribution in [2.24, 2.45) is 0 Å². The molecule has 2 amide bonds. The van der Waals surface area contributed by atoms with Gasteiger partial charge in [0, 0.05) is 18.6 Å². The summed E-state index contributed by atoms with van der Waals surface area (Å²) in [6.07, 6.45) is 0.241. The summed E-state index contributed by atoms with van der Waals surface area (Å²) in [6.45, 7) is 7.58. The summed E-state index contributed by atoms with van der Waals surface area (Å²) in [5, 5.41) is 17.4. The monoisotopic (exact) mass is 255 g/mol. The Hall–Kier alpha value is -1.77. The van der Waals surface area contributed by atoms with E-state index in [0.29, 0.717) is 13.1 Å². The standard InChI is InChI=1S/C12H21N3O3/c1-5-14(8-6-7-13)11(18)15(9-10(16)17)12(2,3)4/h5-6,8-9H2,1-4H3,(H,16,17). The lowest BCUT2D eigenvalue weighted by Crippen LogP contribution is -2.53. The number of nitrogens with zero attached hydrogens (tertiary/aromatic N) is 3. The lowest BCUT2D eigenvalue weighted by Gasteiger charge is -2.37. The van der Waals surface area contributed by atoms with Crippen molar-refractivity contribution in [1.82, 2.24) is 9.80 Å². The summed E-state index contributed by atoms with van der Waals surface area (Å²) in [6, 6.07) is 1.63. The van der Waals surface area contributed by atoms with Gasteiger partial charge in [0.1, 0.15) is 6.54 Å². The Balaban J connectivity index is 4.93. The Bertz CT molecular complexity index is 341. The van der Waals surface area contributed by atoms with Gasteiger partial charge in [-0.2, -0.15) is 5.26 Å². The van der Waals surface area contributed by atoms with Gasteiger partial charge in [-0.05, 0) is 27.7 Å². The lowest BCUT2D eigenvalue weighted by molar-refractivity contribution is -0.138. The topological polar surface area (TPSA) is 84.6 Å². The van der Waals surface area contributed by atoms with E-state index in [9.17, 15) is 9.59 Å². The molecule has 0 saturated heterocycles. The van der Waals surface area contributed by atoms with Gasteiger partial charge in [0.15, 0.2) is 0 Å². The van der Waals surface area contributed by atoms with Crippen LogP contribution in [0.2, 0.25) is 0 Å². The molecule has 0 fully saturated rings. The molecule has 6 nitrogen and oxygen atoms in total. The molecule has 0 unspecified atom stereocenters. The number of amides is 2. The number of carboxylic acid groups (broad SMARTS) is 1. The van der Waals surface area contributed by atoms with Crippen LogP contribution in [0.5, 0.6) is 0 Å². The SMILES string of the molecule is CCN(CCC#N)C(=O)N(CC(=O)O)C(C)(C)C. The minimum atomic E-state index is -1.05. The van der Waals surface area contributed by atoms with Crippen LogP contribution in [0.4, 0.5) is 4.79 Å². The van der Waals surface area contributed by atoms with Gasteiger partial charge in [-0.1, -0.05) is 0 Å². The Morgan fingerprint density at radius 2 is 1.89 bits per heavy atom. The summed E-state index contributed by atoms with van der Waals surface area (Å²) in [5.41, 5.74) is -0.574. The number of urea groups is 1. The van der Waals surface area contributed by atoms with Crippen molar-refractivity contribution in [3.05, 3.63) is 0 Å². The number of nitriles is 1. The largest absolute Gasteiger partial charge is 0.480 e. The van der Waals surface area contributed by atoms with Crippen LogP contribution in [0, 0.1) is 11.3 Å². The van der Waals surface area contributed by atoms with Crippen LogP contribution in [0.15, 0.2) is 0 Å². The Kier molecular flexibility index (Phi) is 6.17. The molecule has 0 rings (SSSR count). The number of carboxylic acids is 1. The van der Waals surface area contributed by atoms with Gasteiger partial charge in [0.25, 0.3) is 0 Å². The van der Waals surface area contributed by atoms with Gasteiger partial charge in [-0.15, -0.1) is 0 Å². The zero-order valence-electron chi connectivity index (χ0n) is 11.4. The summed E-state index contributed by atoms with van der Waals surface area (Å²) < 4.78 is 0. The molecule has 0 spiro atoms. The van der Waals surface area contributed by atoms with E-state index in [1.807, 2.05) is 6.07 Å². The zero-order valence-corrected chi connectivity index (χ0v) is 11.4. The second-order valence-corrected chi connectivity index (χ2v) is 4.92. The summed E-state index contributed by atoms with van der Waals surface area (Å²) in [5.74, 6) is -1.05. The van der Waals surface area contributed by atoms with E-state index in [-0.39, 0.29) is 19.0 Å². The normalized spacial score (nSPS) is 10.6. The fraction of sp³-hybridized carbons (Fsp3) is 0.750. The highest BCUT2D eigenvalue weighted by atomic mass is 16.4. The minimum Gasteiger partial charge on any atom is -0.480 e. The van der Waals surface area contributed by atoms with Crippen LogP contribution in [0.1, 0.15) is 34.1 Å². The highest BCUT2D eigenvalue weighted by Crippen LogP contribution is 2.15. The Morgan fingerprint density at radius 3 is 2.22 bits per heavy atom. The third-order valence-corrected chi connectivity index (χ3v) is 2.48. The van der Waals surface area contributed by atoms with Crippen molar-refractivity contribution in [1.29, 1.82) is 5.26 Å². The van der Waals surface area contributed by atoms with Crippen LogP contribution < -0.4 is 0 Å². The third-order valence-electron chi connectivity index (χ3n) is 2.48. The number of hydrogen-bond acceptors (Lipinski definition) is 3. The van der Waals surface area contributed by atoms with E-state index in [1.54, 1.807) is 27.7 Å². The van der Waals surface area contributed by atoms with Crippen LogP contribution >= 0.6 is 0 Å². The van der Waals surface area contributed by atoms with Crippen LogP contribution in [0.25, 0.3) is 0 Å². The van der Waals surface area contributed by atoms with Gasteiger partial charge < -0.3 is 14.9 Å². The molecule has 0 aliphatic rings. The highest BCUT2D eigenvalue weighted by molar-refractivity contribution is 5.80. The van der Waals surface area contributed by atoms with E-state index in [2.05, 4.69) is 0 Å². The molecule has 0 aliphatic carbocycles. The maximum atomic E-state index is 12.2. The van der Waals surface area contributed by atoms with Gasteiger partial charge in [-0.3, -0.25) is 4.79 Å². The van der Waals surface area contributed by atoms with E-state index in [1.165, 1.54) is 9.80 Å². The first-order valence-electron chi connectivity index (χ1n) is 5.89. The Labute approximate surface area is 108 Å². The smallest absolute Gasteiger partial charge is 0.323 e. The minimum absolute atomic E-state index is 0.241. The molecular weight excluding hydrogens is 234 g/mol.